The van der Waals surface area contributed by atoms with Crippen molar-refractivity contribution in [2.24, 2.45) is 0 Å². The van der Waals surface area contributed by atoms with Gasteiger partial charge in [-0.05, 0) is 49.2 Å². The third-order valence-electron chi connectivity index (χ3n) is 4.17. The molecule has 3 rings (SSSR count). The second-order valence-electron chi connectivity index (χ2n) is 5.95. The first-order valence-corrected chi connectivity index (χ1v) is 7.90. The summed E-state index contributed by atoms with van der Waals surface area (Å²) < 4.78 is 10.7. The second kappa shape index (κ2) is 6.47. The van der Waals surface area contributed by atoms with E-state index in [0.717, 1.165) is 16.0 Å². The highest BCUT2D eigenvalue weighted by molar-refractivity contribution is 6.27. The average Bonchev–Trinajstić information content (AvgIpc) is 2.89. The van der Waals surface area contributed by atoms with E-state index in [1.54, 1.807) is 18.2 Å². The van der Waals surface area contributed by atoms with Crippen LogP contribution < -0.4 is 19.3 Å². The van der Waals surface area contributed by atoms with E-state index in [1.165, 1.54) is 19.1 Å². The Bertz CT molecular complexity index is 847. The quantitative estimate of drug-likeness (QED) is 0.802. The Morgan fingerprint density at radius 1 is 0.840 bits per heavy atom. The maximum absolute atomic E-state index is 13.0. The SMILES string of the molecule is COc1ccc(C)cc1N1CC(=O)N(c2cc(C)ccc2OC)C1=O. The molecule has 0 bridgehead atoms. The molecule has 25 heavy (non-hydrogen) atoms. The molecule has 0 unspecified atom stereocenters. The fourth-order valence-corrected chi connectivity index (χ4v) is 2.91. The summed E-state index contributed by atoms with van der Waals surface area (Å²) in [6, 6.07) is 10.5. The fraction of sp³-hybridized carbons (Fsp3) is 0.263. The number of hydrogen-bond donors (Lipinski definition) is 0. The van der Waals surface area contributed by atoms with Gasteiger partial charge in [-0.25, -0.2) is 9.69 Å². The van der Waals surface area contributed by atoms with Crippen LogP contribution in [-0.2, 0) is 4.79 Å². The van der Waals surface area contributed by atoms with E-state index in [9.17, 15) is 9.59 Å². The molecule has 1 heterocycles. The van der Waals surface area contributed by atoms with Gasteiger partial charge in [-0.2, -0.15) is 0 Å². The van der Waals surface area contributed by atoms with Crippen LogP contribution in [0.1, 0.15) is 11.1 Å². The molecule has 3 amide bonds. The fourth-order valence-electron chi connectivity index (χ4n) is 2.91. The van der Waals surface area contributed by atoms with Gasteiger partial charge in [0.15, 0.2) is 0 Å². The van der Waals surface area contributed by atoms with Crippen LogP contribution in [0.25, 0.3) is 0 Å². The molecule has 130 valence electrons. The largest absolute Gasteiger partial charge is 0.495 e. The molecule has 0 aliphatic carbocycles. The molecule has 0 N–H and O–H groups in total. The summed E-state index contributed by atoms with van der Waals surface area (Å²) in [5.74, 6) is 0.715. The number of amides is 3. The van der Waals surface area contributed by atoms with Gasteiger partial charge < -0.3 is 9.47 Å². The van der Waals surface area contributed by atoms with Gasteiger partial charge in [0.1, 0.15) is 18.0 Å². The number of methoxy groups -OCH3 is 2. The van der Waals surface area contributed by atoms with Crippen molar-refractivity contribution in [2.75, 3.05) is 30.6 Å². The maximum Gasteiger partial charge on any atom is 0.336 e. The average molecular weight is 340 g/mol. The molecule has 1 fully saturated rings. The first-order valence-electron chi connectivity index (χ1n) is 7.90. The zero-order valence-electron chi connectivity index (χ0n) is 14.7. The van der Waals surface area contributed by atoms with Crippen LogP contribution in [0.4, 0.5) is 16.2 Å². The molecule has 6 heteroatoms. The Morgan fingerprint density at radius 3 is 1.92 bits per heavy atom. The first-order chi connectivity index (χ1) is 12.0. The number of carbonyl (C=O) groups is 2. The summed E-state index contributed by atoms with van der Waals surface area (Å²) in [6.45, 7) is 3.78. The number of anilines is 2. The molecule has 0 aromatic heterocycles. The van der Waals surface area contributed by atoms with E-state index in [1.807, 2.05) is 32.0 Å². The van der Waals surface area contributed by atoms with Crippen LogP contribution in [0.3, 0.4) is 0 Å². The minimum absolute atomic E-state index is 0.0459. The van der Waals surface area contributed by atoms with E-state index in [0.29, 0.717) is 22.9 Å². The molecule has 0 saturated carbocycles. The molecule has 0 radical (unpaired) electrons. The molecular weight excluding hydrogens is 320 g/mol. The molecule has 1 aliphatic rings. The number of benzene rings is 2. The number of carbonyl (C=O) groups excluding carboxylic acids is 2. The highest BCUT2D eigenvalue weighted by atomic mass is 16.5. The Kier molecular flexibility index (Phi) is 4.35. The summed E-state index contributed by atoms with van der Waals surface area (Å²) in [4.78, 5) is 28.2. The lowest BCUT2D eigenvalue weighted by Crippen LogP contribution is -2.33. The topological polar surface area (TPSA) is 59.1 Å². The van der Waals surface area contributed by atoms with Gasteiger partial charge in [-0.3, -0.25) is 9.69 Å². The van der Waals surface area contributed by atoms with Crippen LogP contribution in [0.5, 0.6) is 11.5 Å². The Labute approximate surface area is 146 Å². The van der Waals surface area contributed by atoms with Gasteiger partial charge in [0.25, 0.3) is 5.91 Å². The molecule has 1 saturated heterocycles. The summed E-state index contributed by atoms with van der Waals surface area (Å²) >= 11 is 0. The third kappa shape index (κ3) is 2.91. The van der Waals surface area contributed by atoms with E-state index in [4.69, 9.17) is 9.47 Å². The van der Waals surface area contributed by atoms with Gasteiger partial charge in [0.05, 0.1) is 25.6 Å². The Morgan fingerprint density at radius 2 is 1.36 bits per heavy atom. The number of urea groups is 1. The predicted octanol–water partition coefficient (Wildman–Crippen LogP) is 3.29. The van der Waals surface area contributed by atoms with Gasteiger partial charge in [-0.1, -0.05) is 12.1 Å². The highest BCUT2D eigenvalue weighted by Crippen LogP contribution is 2.36. The van der Waals surface area contributed by atoms with Crippen molar-refractivity contribution in [3.63, 3.8) is 0 Å². The van der Waals surface area contributed by atoms with Crippen LogP contribution >= 0.6 is 0 Å². The standard InChI is InChI=1S/C19H20N2O4/c1-12-5-7-16(24-3)14(9-12)20-11-18(22)21(19(20)23)15-10-13(2)6-8-17(15)25-4/h5-10H,11H2,1-4H3. The minimum atomic E-state index is -0.419. The highest BCUT2D eigenvalue weighted by Gasteiger charge is 2.40. The van der Waals surface area contributed by atoms with Crippen molar-refractivity contribution in [1.29, 1.82) is 0 Å². The lowest BCUT2D eigenvalue weighted by atomic mass is 10.2. The number of nitrogens with zero attached hydrogens (tertiary/aromatic N) is 2. The molecule has 6 nitrogen and oxygen atoms in total. The summed E-state index contributed by atoms with van der Waals surface area (Å²) in [5.41, 5.74) is 2.94. The maximum atomic E-state index is 13.0. The Hall–Kier alpha value is -3.02. The van der Waals surface area contributed by atoms with Crippen molar-refractivity contribution < 1.29 is 19.1 Å². The molecule has 1 aliphatic heterocycles. The van der Waals surface area contributed by atoms with Crippen molar-refractivity contribution in [3.05, 3.63) is 47.5 Å². The number of ether oxygens (including phenoxy) is 2. The number of rotatable bonds is 4. The third-order valence-corrected chi connectivity index (χ3v) is 4.17. The van der Waals surface area contributed by atoms with Crippen molar-refractivity contribution in [3.8, 4) is 11.5 Å². The van der Waals surface area contributed by atoms with Crippen LogP contribution in [0.15, 0.2) is 36.4 Å². The van der Waals surface area contributed by atoms with Gasteiger partial charge >= 0.3 is 6.03 Å². The van der Waals surface area contributed by atoms with Crippen LogP contribution in [0, 0.1) is 13.8 Å². The van der Waals surface area contributed by atoms with Crippen molar-refractivity contribution >= 4 is 23.3 Å². The molecule has 0 atom stereocenters. The Balaban J connectivity index is 2.05. The van der Waals surface area contributed by atoms with E-state index in [-0.39, 0.29) is 12.5 Å². The predicted molar refractivity (Wildman–Crippen MR) is 95.7 cm³/mol. The molecule has 2 aromatic carbocycles. The summed E-state index contributed by atoms with van der Waals surface area (Å²) in [6.07, 6.45) is 0. The van der Waals surface area contributed by atoms with E-state index in [2.05, 4.69) is 0 Å². The smallest absolute Gasteiger partial charge is 0.336 e. The van der Waals surface area contributed by atoms with E-state index < -0.39 is 6.03 Å². The van der Waals surface area contributed by atoms with Gasteiger partial charge in [-0.15, -0.1) is 0 Å². The van der Waals surface area contributed by atoms with Crippen LogP contribution in [-0.4, -0.2) is 32.7 Å². The van der Waals surface area contributed by atoms with Gasteiger partial charge in [0, 0.05) is 0 Å². The second-order valence-corrected chi connectivity index (χ2v) is 5.95. The van der Waals surface area contributed by atoms with Crippen molar-refractivity contribution in [1.82, 2.24) is 0 Å². The molecule has 0 spiro atoms. The summed E-state index contributed by atoms with van der Waals surface area (Å²) in [5, 5.41) is 0. The molecular formula is C19H20N2O4. The zero-order chi connectivity index (χ0) is 18.1. The zero-order valence-corrected chi connectivity index (χ0v) is 14.7. The normalized spacial score (nSPS) is 14.2. The first kappa shape index (κ1) is 16.8. The monoisotopic (exact) mass is 340 g/mol. The lowest BCUT2D eigenvalue weighted by Gasteiger charge is -2.21. The number of imide groups is 1. The number of aryl methyl sites for hydroxylation is 2. The number of hydrogen-bond acceptors (Lipinski definition) is 4. The van der Waals surface area contributed by atoms with Crippen LogP contribution in [0.2, 0.25) is 0 Å². The van der Waals surface area contributed by atoms with Crippen molar-refractivity contribution in [2.45, 2.75) is 13.8 Å². The molecule has 2 aromatic rings. The minimum Gasteiger partial charge on any atom is -0.495 e. The summed E-state index contributed by atoms with van der Waals surface area (Å²) in [7, 11) is 3.05. The van der Waals surface area contributed by atoms with E-state index >= 15 is 0 Å². The lowest BCUT2D eigenvalue weighted by molar-refractivity contribution is -0.115. The van der Waals surface area contributed by atoms with Gasteiger partial charge in [0.2, 0.25) is 0 Å².